The number of aliphatic hydroxyl groups excluding tert-OH is 2. The number of rotatable bonds is 22. The summed E-state index contributed by atoms with van der Waals surface area (Å²) >= 11 is 0. The first-order valence-corrected chi connectivity index (χ1v) is 30.0. The number of carbonyl (C=O) groups is 3. The van der Waals surface area contributed by atoms with Crippen LogP contribution in [0.25, 0.3) is 41.8 Å². The lowest BCUT2D eigenvalue weighted by Crippen LogP contribution is -2.49. The van der Waals surface area contributed by atoms with Crippen LogP contribution in [0.4, 0.5) is 29.2 Å². The number of carbonyl (C=O) groups excluding carboxylic acids is 3. The number of nitrogens with two attached hydrogens (primary N) is 2. The van der Waals surface area contributed by atoms with E-state index in [0.717, 1.165) is 42.8 Å². The van der Waals surface area contributed by atoms with E-state index in [1.807, 2.05) is 9.97 Å². The molecule has 103 heavy (non-hydrogen) atoms. The molecule has 0 bridgehead atoms. The Morgan fingerprint density at radius 1 is 0.515 bits per heavy atom. The van der Waals surface area contributed by atoms with Crippen molar-refractivity contribution in [2.75, 3.05) is 64.1 Å². The van der Waals surface area contributed by atoms with E-state index in [-0.39, 0.29) is 80.1 Å². The van der Waals surface area contributed by atoms with E-state index in [2.05, 4.69) is 50.1 Å². The third-order valence-electron chi connectivity index (χ3n) is 16.4. The van der Waals surface area contributed by atoms with Crippen molar-refractivity contribution in [2.45, 2.75) is 170 Å². The van der Waals surface area contributed by atoms with Crippen molar-refractivity contribution in [3.8, 4) is 0 Å². The number of halogens is 4. The summed E-state index contributed by atoms with van der Waals surface area (Å²) in [5, 5.41) is 33.4. The van der Waals surface area contributed by atoms with Crippen molar-refractivity contribution in [1.82, 2.24) is 38.2 Å². The van der Waals surface area contributed by atoms with E-state index in [0.29, 0.717) is 0 Å². The molecule has 0 spiro atoms. The molecule has 16 atom stereocenters. The number of aliphatic hydroxyl groups is 2. The molecule has 0 amide bonds. The summed E-state index contributed by atoms with van der Waals surface area (Å²) in [6.45, 7) is 11.2. The highest BCUT2D eigenvalue weighted by molar-refractivity contribution is 5.72. The number of nitrogens with one attached hydrogen (secondary N) is 2. The number of aromatic amines is 2. The Balaban J connectivity index is 0.000000680. The molecule has 572 valence electrons. The molecule has 40 nitrogen and oxygen atoms in total. The number of ether oxygens (including phenoxy) is 7. The van der Waals surface area contributed by atoms with Crippen LogP contribution in [0.15, 0.2) is 98.3 Å². The molecule has 8 rings (SSSR count). The second kappa shape index (κ2) is 39.3. The third kappa shape index (κ3) is 21.2. The number of alkyl halides is 4. The second-order valence-corrected chi connectivity index (χ2v) is 24.0. The maximum Gasteiger partial charge on any atom is 0.351 e. The van der Waals surface area contributed by atoms with Gasteiger partial charge in [0.05, 0.1) is 50.5 Å². The third-order valence-corrected chi connectivity index (χ3v) is 16.4. The average molecular weight is 1470 g/mol. The molecule has 4 aromatic heterocycles. The van der Waals surface area contributed by atoms with Crippen LogP contribution < -0.4 is 45.3 Å². The lowest BCUT2D eigenvalue weighted by atomic mass is 9.88. The lowest BCUT2D eigenvalue weighted by molar-refractivity contribution is -0.167. The Morgan fingerprint density at radius 3 is 1.10 bits per heavy atom. The van der Waals surface area contributed by atoms with Crippen molar-refractivity contribution in [2.24, 2.45) is 56.0 Å². The SMILES string of the molecule is C.C.C.C.CC(C)C(=O)OC[C@@]1(CN=[N+]=[N-])O[C@@H](n2ccc(=O)[nH]c2=O)[C@H](F)[C@@H]1C.CC(C)C(=O)OC[C@@]1(CN=[N+]=[N-])O[C@@H](n2ccc(N)nc2=O)[C@H](F)[C@@H]1C.CC(C)C(=O)OC[C@@]1(CN=[N+]=[N-])O[C@@H](n2ccc(N)nc2=O)[C@H](F)[C@@H]1O.C[C@H]1[C@@H](F)[C@H](n2ccc(=O)[nH]c2=O)O[C@@]1(CO)CN=[N+]=[N-]. The molecule has 0 saturated carbocycles. The van der Waals surface area contributed by atoms with E-state index in [4.69, 9.17) is 66.7 Å². The molecule has 4 fully saturated rings. The zero-order valence-electron chi connectivity index (χ0n) is 54.6. The molecule has 4 aliphatic heterocycles. The van der Waals surface area contributed by atoms with Crippen molar-refractivity contribution < 1.29 is 75.3 Å². The number of nitrogens with zero attached hydrogens (tertiary/aromatic N) is 18. The van der Waals surface area contributed by atoms with Crippen molar-refractivity contribution in [3.05, 3.63) is 153 Å². The summed E-state index contributed by atoms with van der Waals surface area (Å²) in [6.07, 6.45) is -9.64. The van der Waals surface area contributed by atoms with Gasteiger partial charge in [-0.15, -0.1) is 0 Å². The fourth-order valence-electron chi connectivity index (χ4n) is 10.2. The summed E-state index contributed by atoms with van der Waals surface area (Å²) < 4.78 is 100. The highest BCUT2D eigenvalue weighted by atomic mass is 19.1. The zero-order valence-corrected chi connectivity index (χ0v) is 54.6. The number of H-pyrrole nitrogens is 2. The van der Waals surface area contributed by atoms with Crippen LogP contribution >= 0.6 is 0 Å². The van der Waals surface area contributed by atoms with Crippen molar-refractivity contribution in [3.63, 3.8) is 0 Å². The van der Waals surface area contributed by atoms with Gasteiger partial charge >= 0.3 is 40.7 Å². The summed E-state index contributed by atoms with van der Waals surface area (Å²) in [4.78, 5) is 127. The molecule has 0 radical (unpaired) electrons. The molecule has 4 aliphatic rings. The maximum absolute atomic E-state index is 14.9. The van der Waals surface area contributed by atoms with E-state index < -0.39 is 179 Å². The van der Waals surface area contributed by atoms with Crippen molar-refractivity contribution >= 4 is 29.5 Å². The normalized spacial score (nSPS) is 27.7. The van der Waals surface area contributed by atoms with Crippen LogP contribution in [0.3, 0.4) is 0 Å². The van der Waals surface area contributed by atoms with Gasteiger partial charge in [-0.05, 0) is 34.3 Å². The Hall–Kier alpha value is -10.1. The highest BCUT2D eigenvalue weighted by Crippen LogP contribution is 2.46. The van der Waals surface area contributed by atoms with E-state index in [1.54, 1.807) is 41.5 Å². The van der Waals surface area contributed by atoms with Gasteiger partial charge in [-0.3, -0.25) is 52.2 Å². The molecule has 8 N–H and O–H groups in total. The first-order chi connectivity index (χ1) is 46.6. The number of anilines is 2. The minimum absolute atomic E-state index is 0. The van der Waals surface area contributed by atoms with Gasteiger partial charge in [-0.1, -0.05) is 112 Å². The molecule has 4 saturated heterocycles. The van der Waals surface area contributed by atoms with Crippen LogP contribution in [-0.4, -0.2) is 172 Å². The fourth-order valence-corrected chi connectivity index (χ4v) is 10.2. The van der Waals surface area contributed by atoms with Gasteiger partial charge in [0, 0.05) is 74.3 Å². The van der Waals surface area contributed by atoms with Crippen LogP contribution in [0, 0.1) is 35.5 Å². The number of nitrogen functional groups attached to an aromatic ring is 2. The number of hydrogen-bond acceptors (Lipinski definition) is 26. The van der Waals surface area contributed by atoms with E-state index in [1.165, 1.54) is 45.3 Å². The number of hydrogen-bond donors (Lipinski definition) is 6. The van der Waals surface area contributed by atoms with Crippen molar-refractivity contribution in [1.29, 1.82) is 0 Å². The van der Waals surface area contributed by atoms with Crippen LogP contribution in [0.5, 0.6) is 0 Å². The molecule has 0 aromatic carbocycles. The van der Waals surface area contributed by atoms with E-state index in [9.17, 15) is 70.9 Å². The fraction of sp³-hybridized carbons (Fsp3) is 0.678. The van der Waals surface area contributed by atoms with Gasteiger partial charge in [0.25, 0.3) is 11.1 Å². The van der Waals surface area contributed by atoms with Crippen LogP contribution in [0.1, 0.15) is 117 Å². The molecule has 44 heteroatoms. The average Bonchev–Trinajstić information content (AvgIpc) is 1.64. The zero-order chi connectivity index (χ0) is 74.1. The Bertz CT molecular complexity index is 3970. The van der Waals surface area contributed by atoms with Gasteiger partial charge in [0.2, 0.25) is 0 Å². The van der Waals surface area contributed by atoms with Crippen LogP contribution in [-0.2, 0) is 47.5 Å². The smallest absolute Gasteiger partial charge is 0.351 e. The first-order valence-electron chi connectivity index (χ1n) is 30.0. The molecule has 4 aromatic rings. The predicted molar refractivity (Wildman–Crippen MR) is 360 cm³/mol. The summed E-state index contributed by atoms with van der Waals surface area (Å²) in [5.74, 6) is -5.41. The molecule has 8 heterocycles. The molecule has 0 aliphatic carbocycles. The van der Waals surface area contributed by atoms with E-state index >= 15 is 0 Å². The van der Waals surface area contributed by atoms with Gasteiger partial charge < -0.3 is 54.8 Å². The minimum Gasteiger partial charge on any atom is -0.462 e. The monoisotopic (exact) mass is 1470 g/mol. The lowest BCUT2D eigenvalue weighted by Gasteiger charge is -2.31. The quantitative estimate of drug-likeness (QED) is 0.0135. The van der Waals surface area contributed by atoms with Gasteiger partial charge in [0.15, 0.2) is 49.6 Å². The number of aromatic nitrogens is 8. The predicted octanol–water partition coefficient (Wildman–Crippen LogP) is 5.79. The maximum atomic E-state index is 14.9. The topological polar surface area (TPSA) is 583 Å². The molecule has 0 unspecified atom stereocenters. The highest BCUT2D eigenvalue weighted by Gasteiger charge is 2.59. The number of esters is 3. The Kier molecular flexibility index (Phi) is 34.7. The summed E-state index contributed by atoms with van der Waals surface area (Å²) in [6, 6.07) is 4.73. The molecular weight excluding hydrogens is 1380 g/mol. The Morgan fingerprint density at radius 2 is 0.786 bits per heavy atom. The standard InChI is InChI=1S/C15H21FN6O4.C15H20FN5O5.C14H19FN6O5.C11H14FN5O4.4CH4/c1-8(2)13(23)25-7-15(6-19-21-18)9(3)11(16)12(26-15)22-5-4-10(17)20-14(22)24;1-8(2)13(23)25-7-15(6-18-20-17)9(3)11(16)12(26-15)21-5-4-10(22)19-14(21)24;1-7(2)12(23)25-6-14(5-18-20-17)10(22)9(15)11(26-14)21-4-3-8(16)19-13(21)24;1-6-8(12)9(17-3-2-7(19)15-10(17)20)21-11(6,5-18)4-14-16-13;;;;/h4-5,8-9,11-12H,6-7H2,1-3H3,(H2,17,20,24);4-5,8-9,11-12H,6-7H2,1-3H3,(H,19,22,24);3-4,7,9-11,22H,5-6H2,1-2H3,(H2,16,19,24);2-3,6,8-9,18H,4-5H2,1H3,(H,15,19,20);4*1H4/t2*9-,11+,12+,15+;9-,10+,11-,14-;6-,8+,9+,11+;;;;/m0010..../s1. The van der Waals surface area contributed by atoms with Crippen LogP contribution in [0.2, 0.25) is 0 Å². The summed E-state index contributed by atoms with van der Waals surface area (Å²) in [7, 11) is 0. The largest absolute Gasteiger partial charge is 0.462 e. The second-order valence-electron chi connectivity index (χ2n) is 24.0. The molecular formula is C59H90F4N22O18. The Labute approximate surface area is 585 Å². The van der Waals surface area contributed by atoms with Gasteiger partial charge in [0.1, 0.15) is 60.0 Å². The first kappa shape index (κ1) is 90.9. The minimum atomic E-state index is -2.07. The number of azide groups is 4. The summed E-state index contributed by atoms with van der Waals surface area (Å²) in [5.41, 5.74) is 34.4. The van der Waals surface area contributed by atoms with Gasteiger partial charge in [-0.2, -0.15) is 9.97 Å². The van der Waals surface area contributed by atoms with Gasteiger partial charge in [-0.25, -0.2) is 36.7 Å².